The zero-order chi connectivity index (χ0) is 22.1. The Hall–Kier alpha value is -2.82. The quantitative estimate of drug-likeness (QED) is 0.593. The Morgan fingerprint density at radius 3 is 2.37 bits per heavy atom. The molecule has 0 aromatic heterocycles. The van der Waals surface area contributed by atoms with E-state index in [1.807, 2.05) is 57.2 Å². The van der Waals surface area contributed by atoms with Crippen LogP contribution < -0.4 is 10.1 Å². The molecule has 0 aliphatic carbocycles. The summed E-state index contributed by atoms with van der Waals surface area (Å²) < 4.78 is 5.78. The fraction of sp³-hybridized carbons (Fsp3) is 0.440. The zero-order valence-electron chi connectivity index (χ0n) is 18.8. The van der Waals surface area contributed by atoms with Gasteiger partial charge >= 0.3 is 0 Å². The molecule has 30 heavy (non-hydrogen) atoms. The van der Waals surface area contributed by atoms with Gasteiger partial charge in [-0.05, 0) is 68.5 Å². The fourth-order valence-corrected chi connectivity index (χ4v) is 3.33. The maximum absolute atomic E-state index is 13.1. The molecule has 0 saturated heterocycles. The van der Waals surface area contributed by atoms with Gasteiger partial charge in [0.25, 0.3) is 5.91 Å². The molecule has 0 saturated carbocycles. The number of benzene rings is 2. The molecule has 0 heterocycles. The molecule has 2 aromatic carbocycles. The minimum atomic E-state index is -0.586. The number of rotatable bonds is 10. The third-order valence-electron chi connectivity index (χ3n) is 5.16. The fourth-order valence-electron chi connectivity index (χ4n) is 3.33. The molecule has 2 rings (SSSR count). The van der Waals surface area contributed by atoms with Crippen molar-refractivity contribution in [2.75, 3.05) is 13.2 Å². The molecule has 0 radical (unpaired) electrons. The first-order valence-corrected chi connectivity index (χ1v) is 10.6. The summed E-state index contributed by atoms with van der Waals surface area (Å²) >= 11 is 0. The van der Waals surface area contributed by atoms with Gasteiger partial charge in [0, 0.05) is 13.1 Å². The Kier molecular flexibility index (Phi) is 8.90. The predicted molar refractivity (Wildman–Crippen MR) is 121 cm³/mol. The molecule has 0 aliphatic heterocycles. The van der Waals surface area contributed by atoms with E-state index in [1.54, 1.807) is 11.8 Å². The van der Waals surface area contributed by atoms with Crippen molar-refractivity contribution in [3.8, 4) is 5.75 Å². The van der Waals surface area contributed by atoms with E-state index in [2.05, 4.69) is 18.3 Å². The molecule has 0 bridgehead atoms. The highest BCUT2D eigenvalue weighted by Crippen LogP contribution is 2.18. The van der Waals surface area contributed by atoms with E-state index in [9.17, 15) is 9.59 Å². The first kappa shape index (κ1) is 23.5. The van der Waals surface area contributed by atoms with Gasteiger partial charge in [0.05, 0.1) is 0 Å². The Balaban J connectivity index is 2.15. The van der Waals surface area contributed by atoms with Crippen molar-refractivity contribution in [3.63, 3.8) is 0 Å². The van der Waals surface area contributed by atoms with Crippen molar-refractivity contribution in [1.29, 1.82) is 0 Å². The highest BCUT2D eigenvalue weighted by Gasteiger charge is 2.26. The molecule has 2 aromatic rings. The number of amides is 2. The zero-order valence-corrected chi connectivity index (χ0v) is 18.8. The maximum atomic E-state index is 13.1. The standard InChI is InChI=1S/C25H34N2O3/c1-6-7-12-26-25(29)21(5)27(16-22-11-9-8-10-20(22)4)24(28)17-30-23-14-18(2)13-19(3)15-23/h8-11,13-15,21H,6-7,12,16-17H2,1-5H3,(H,26,29). The Morgan fingerprint density at radius 2 is 1.73 bits per heavy atom. The largest absolute Gasteiger partial charge is 0.484 e. The molecule has 0 fully saturated rings. The maximum Gasteiger partial charge on any atom is 0.261 e. The molecule has 1 atom stereocenters. The molecule has 0 spiro atoms. The second kappa shape index (κ2) is 11.4. The van der Waals surface area contributed by atoms with Crippen LogP contribution in [0.1, 0.15) is 48.9 Å². The lowest BCUT2D eigenvalue weighted by atomic mass is 10.1. The van der Waals surface area contributed by atoms with Gasteiger partial charge in [-0.1, -0.05) is 43.7 Å². The summed E-state index contributed by atoms with van der Waals surface area (Å²) in [6, 6.07) is 13.2. The van der Waals surface area contributed by atoms with Crippen LogP contribution in [0, 0.1) is 20.8 Å². The second-order valence-corrected chi connectivity index (χ2v) is 7.88. The first-order valence-electron chi connectivity index (χ1n) is 10.6. The van der Waals surface area contributed by atoms with E-state index in [0.29, 0.717) is 18.8 Å². The summed E-state index contributed by atoms with van der Waals surface area (Å²) in [5, 5.41) is 2.93. The summed E-state index contributed by atoms with van der Waals surface area (Å²) in [5.41, 5.74) is 4.27. The van der Waals surface area contributed by atoms with Crippen LogP contribution in [0.5, 0.6) is 5.75 Å². The van der Waals surface area contributed by atoms with Gasteiger partial charge in [-0.25, -0.2) is 0 Å². The minimum absolute atomic E-state index is 0.110. The molecule has 2 amide bonds. The number of nitrogens with one attached hydrogen (secondary N) is 1. The van der Waals surface area contributed by atoms with Crippen LogP contribution in [0.25, 0.3) is 0 Å². The minimum Gasteiger partial charge on any atom is -0.484 e. The first-order chi connectivity index (χ1) is 14.3. The normalized spacial score (nSPS) is 11.6. The molecule has 1 N–H and O–H groups in total. The number of nitrogens with zero attached hydrogens (tertiary/aromatic N) is 1. The SMILES string of the molecule is CCCCNC(=O)C(C)N(Cc1ccccc1C)C(=O)COc1cc(C)cc(C)c1. The number of aryl methyl sites for hydroxylation is 3. The summed E-state index contributed by atoms with van der Waals surface area (Å²) in [6.07, 6.45) is 1.92. The Morgan fingerprint density at radius 1 is 1.07 bits per heavy atom. The summed E-state index contributed by atoms with van der Waals surface area (Å²) in [6.45, 7) is 10.7. The molecule has 162 valence electrons. The topological polar surface area (TPSA) is 58.6 Å². The van der Waals surface area contributed by atoms with E-state index in [0.717, 1.165) is 35.1 Å². The van der Waals surface area contributed by atoms with Gasteiger partial charge in [0.15, 0.2) is 6.61 Å². The smallest absolute Gasteiger partial charge is 0.261 e. The van der Waals surface area contributed by atoms with Crippen molar-refractivity contribution in [2.24, 2.45) is 0 Å². The van der Waals surface area contributed by atoms with Crippen molar-refractivity contribution in [3.05, 3.63) is 64.7 Å². The summed E-state index contributed by atoms with van der Waals surface area (Å²) in [4.78, 5) is 27.4. The molecule has 5 nitrogen and oxygen atoms in total. The summed E-state index contributed by atoms with van der Waals surface area (Å²) in [5.74, 6) is 0.309. The van der Waals surface area contributed by atoms with Gasteiger partial charge in [-0.15, -0.1) is 0 Å². The van der Waals surface area contributed by atoms with Gasteiger partial charge in [-0.2, -0.15) is 0 Å². The predicted octanol–water partition coefficient (Wildman–Crippen LogP) is 4.32. The number of carbonyl (C=O) groups excluding carboxylic acids is 2. The molecule has 5 heteroatoms. The van der Waals surface area contributed by atoms with Crippen LogP contribution in [-0.4, -0.2) is 35.9 Å². The van der Waals surface area contributed by atoms with Crippen LogP contribution in [0.3, 0.4) is 0 Å². The molecular weight excluding hydrogens is 376 g/mol. The third kappa shape index (κ3) is 6.90. The van der Waals surface area contributed by atoms with Crippen molar-refractivity contribution in [2.45, 2.75) is 60.0 Å². The number of ether oxygens (including phenoxy) is 1. The van der Waals surface area contributed by atoms with Gasteiger partial charge < -0.3 is 15.0 Å². The lowest BCUT2D eigenvalue weighted by molar-refractivity contribution is -0.142. The monoisotopic (exact) mass is 410 g/mol. The van der Waals surface area contributed by atoms with E-state index in [1.165, 1.54) is 0 Å². The highest BCUT2D eigenvalue weighted by molar-refractivity contribution is 5.88. The van der Waals surface area contributed by atoms with Crippen molar-refractivity contribution >= 4 is 11.8 Å². The average molecular weight is 411 g/mol. The molecular formula is C25H34N2O3. The van der Waals surface area contributed by atoms with Crippen molar-refractivity contribution in [1.82, 2.24) is 10.2 Å². The molecule has 1 unspecified atom stereocenters. The number of unbranched alkanes of at least 4 members (excludes halogenated alkanes) is 1. The van der Waals surface area contributed by atoms with Crippen LogP contribution in [0.2, 0.25) is 0 Å². The number of hydrogen-bond acceptors (Lipinski definition) is 3. The highest BCUT2D eigenvalue weighted by atomic mass is 16.5. The van der Waals surface area contributed by atoms with Crippen LogP contribution in [0.4, 0.5) is 0 Å². The Labute approximate surface area is 180 Å². The van der Waals surface area contributed by atoms with Gasteiger partial charge in [0.2, 0.25) is 5.91 Å². The van der Waals surface area contributed by atoms with E-state index in [-0.39, 0.29) is 18.4 Å². The average Bonchev–Trinajstić information content (AvgIpc) is 2.70. The van der Waals surface area contributed by atoms with Gasteiger partial charge in [0.1, 0.15) is 11.8 Å². The second-order valence-electron chi connectivity index (χ2n) is 7.88. The lowest BCUT2D eigenvalue weighted by Crippen LogP contribution is -2.49. The van der Waals surface area contributed by atoms with Crippen LogP contribution in [0.15, 0.2) is 42.5 Å². The number of carbonyl (C=O) groups is 2. The van der Waals surface area contributed by atoms with E-state index < -0.39 is 6.04 Å². The third-order valence-corrected chi connectivity index (χ3v) is 5.16. The van der Waals surface area contributed by atoms with E-state index in [4.69, 9.17) is 4.74 Å². The number of hydrogen-bond donors (Lipinski definition) is 1. The van der Waals surface area contributed by atoms with Crippen LogP contribution in [-0.2, 0) is 16.1 Å². The summed E-state index contributed by atoms with van der Waals surface area (Å²) in [7, 11) is 0. The Bertz CT molecular complexity index is 843. The van der Waals surface area contributed by atoms with E-state index >= 15 is 0 Å². The van der Waals surface area contributed by atoms with Crippen molar-refractivity contribution < 1.29 is 14.3 Å². The van der Waals surface area contributed by atoms with Crippen LogP contribution >= 0.6 is 0 Å². The lowest BCUT2D eigenvalue weighted by Gasteiger charge is -2.29. The molecule has 0 aliphatic rings. The van der Waals surface area contributed by atoms with Gasteiger partial charge in [-0.3, -0.25) is 9.59 Å².